The molecule has 1 aromatic heterocycles. The van der Waals surface area contributed by atoms with Crippen molar-refractivity contribution < 1.29 is 9.59 Å². The van der Waals surface area contributed by atoms with Gasteiger partial charge in [0, 0.05) is 50.1 Å². The number of piperazine rings is 1. The SMILES string of the molecule is Cn1cccc1C(=O)C(=O)N1CCN(c2cccc(Cl)c2)CC1. The Labute approximate surface area is 140 Å². The van der Waals surface area contributed by atoms with Gasteiger partial charge in [-0.1, -0.05) is 17.7 Å². The molecular weight excluding hydrogens is 314 g/mol. The summed E-state index contributed by atoms with van der Waals surface area (Å²) in [6.07, 6.45) is 1.76. The normalized spacial score (nSPS) is 14.9. The van der Waals surface area contributed by atoms with E-state index in [1.165, 1.54) is 0 Å². The van der Waals surface area contributed by atoms with Crippen LogP contribution in [0.5, 0.6) is 0 Å². The van der Waals surface area contributed by atoms with Crippen LogP contribution >= 0.6 is 11.6 Å². The zero-order valence-electron chi connectivity index (χ0n) is 12.9. The van der Waals surface area contributed by atoms with Gasteiger partial charge in [0.1, 0.15) is 0 Å². The van der Waals surface area contributed by atoms with Crippen LogP contribution in [-0.4, -0.2) is 47.3 Å². The molecule has 1 amide bonds. The van der Waals surface area contributed by atoms with Crippen LogP contribution in [0.3, 0.4) is 0 Å². The monoisotopic (exact) mass is 331 g/mol. The Morgan fingerprint density at radius 1 is 1.04 bits per heavy atom. The van der Waals surface area contributed by atoms with Gasteiger partial charge >= 0.3 is 0 Å². The summed E-state index contributed by atoms with van der Waals surface area (Å²) in [7, 11) is 1.76. The third-order valence-corrected chi connectivity index (χ3v) is 4.35. The van der Waals surface area contributed by atoms with Gasteiger partial charge in [-0.3, -0.25) is 9.59 Å². The molecule has 6 heteroatoms. The molecule has 0 radical (unpaired) electrons. The number of hydrogen-bond acceptors (Lipinski definition) is 3. The molecule has 0 atom stereocenters. The van der Waals surface area contributed by atoms with Crippen LogP contribution in [0.25, 0.3) is 0 Å². The van der Waals surface area contributed by atoms with Gasteiger partial charge in [-0.15, -0.1) is 0 Å². The largest absolute Gasteiger partial charge is 0.368 e. The molecule has 0 saturated carbocycles. The Kier molecular flexibility index (Phi) is 4.39. The minimum Gasteiger partial charge on any atom is -0.368 e. The molecule has 120 valence electrons. The Balaban J connectivity index is 1.64. The molecule has 1 aliphatic heterocycles. The van der Waals surface area contributed by atoms with Gasteiger partial charge in [-0.2, -0.15) is 0 Å². The lowest BCUT2D eigenvalue weighted by Gasteiger charge is -2.35. The van der Waals surface area contributed by atoms with Crippen LogP contribution in [0.1, 0.15) is 10.5 Å². The van der Waals surface area contributed by atoms with Crippen LogP contribution in [0.15, 0.2) is 42.6 Å². The fraction of sp³-hybridized carbons (Fsp3) is 0.294. The maximum atomic E-state index is 12.4. The first kappa shape index (κ1) is 15.6. The van der Waals surface area contributed by atoms with E-state index in [1.807, 2.05) is 24.3 Å². The standard InChI is InChI=1S/C17H18ClN3O2/c1-19-7-3-6-15(19)16(22)17(23)21-10-8-20(9-11-21)14-5-2-4-13(18)12-14/h2-7,12H,8-11H2,1H3. The molecule has 23 heavy (non-hydrogen) atoms. The summed E-state index contributed by atoms with van der Waals surface area (Å²) in [6.45, 7) is 2.43. The Morgan fingerprint density at radius 3 is 2.39 bits per heavy atom. The number of ketones is 1. The lowest BCUT2D eigenvalue weighted by Crippen LogP contribution is -2.50. The maximum absolute atomic E-state index is 12.4. The molecule has 1 fully saturated rings. The minimum absolute atomic E-state index is 0.423. The predicted molar refractivity (Wildman–Crippen MR) is 90.0 cm³/mol. The first-order chi connectivity index (χ1) is 11.1. The number of anilines is 1. The van der Waals surface area contributed by atoms with Crippen LogP contribution in [-0.2, 0) is 11.8 Å². The zero-order valence-corrected chi connectivity index (χ0v) is 13.7. The van der Waals surface area contributed by atoms with E-state index in [0.717, 1.165) is 5.69 Å². The summed E-state index contributed by atoms with van der Waals surface area (Å²) in [5, 5.41) is 0.694. The van der Waals surface area contributed by atoms with E-state index in [1.54, 1.807) is 34.8 Å². The van der Waals surface area contributed by atoms with Crippen LogP contribution in [0.4, 0.5) is 5.69 Å². The number of nitrogens with zero attached hydrogens (tertiary/aromatic N) is 3. The van der Waals surface area contributed by atoms with E-state index in [0.29, 0.717) is 36.9 Å². The van der Waals surface area contributed by atoms with E-state index >= 15 is 0 Å². The van der Waals surface area contributed by atoms with Crippen molar-refractivity contribution in [1.29, 1.82) is 0 Å². The van der Waals surface area contributed by atoms with Crippen molar-refractivity contribution in [2.45, 2.75) is 0 Å². The highest BCUT2D eigenvalue weighted by molar-refractivity contribution is 6.42. The molecule has 5 nitrogen and oxygen atoms in total. The van der Waals surface area contributed by atoms with Crippen molar-refractivity contribution in [3.05, 3.63) is 53.3 Å². The van der Waals surface area contributed by atoms with Crippen LogP contribution < -0.4 is 4.90 Å². The van der Waals surface area contributed by atoms with E-state index < -0.39 is 11.7 Å². The van der Waals surface area contributed by atoms with Gasteiger partial charge in [0.15, 0.2) is 0 Å². The number of benzene rings is 1. The third-order valence-electron chi connectivity index (χ3n) is 4.11. The molecule has 2 aromatic rings. The van der Waals surface area contributed by atoms with Gasteiger partial charge < -0.3 is 14.4 Å². The summed E-state index contributed by atoms with van der Waals surface area (Å²) < 4.78 is 1.67. The molecule has 0 spiro atoms. The number of aromatic nitrogens is 1. The number of hydrogen-bond donors (Lipinski definition) is 0. The molecule has 1 aromatic carbocycles. The highest BCUT2D eigenvalue weighted by atomic mass is 35.5. The number of carbonyl (C=O) groups is 2. The van der Waals surface area contributed by atoms with Crippen LogP contribution in [0, 0.1) is 0 Å². The molecule has 0 N–H and O–H groups in total. The number of rotatable bonds is 3. The van der Waals surface area contributed by atoms with Crippen molar-refractivity contribution in [3.63, 3.8) is 0 Å². The minimum atomic E-state index is -0.450. The number of Topliss-reactive ketones (excluding diaryl/α,β-unsaturated/α-hetero) is 1. The fourth-order valence-electron chi connectivity index (χ4n) is 2.79. The van der Waals surface area contributed by atoms with Crippen molar-refractivity contribution in [1.82, 2.24) is 9.47 Å². The number of amides is 1. The number of carbonyl (C=O) groups excluding carboxylic acids is 2. The van der Waals surface area contributed by atoms with Crippen molar-refractivity contribution >= 4 is 29.0 Å². The Bertz CT molecular complexity index is 733. The summed E-state index contributed by atoms with van der Waals surface area (Å²) in [6, 6.07) is 11.1. The molecule has 3 rings (SSSR count). The highest BCUT2D eigenvalue weighted by Crippen LogP contribution is 2.21. The van der Waals surface area contributed by atoms with E-state index in [2.05, 4.69) is 4.90 Å². The second-order valence-corrected chi connectivity index (χ2v) is 6.03. The molecule has 0 unspecified atom stereocenters. The van der Waals surface area contributed by atoms with E-state index in [9.17, 15) is 9.59 Å². The van der Waals surface area contributed by atoms with Crippen LogP contribution in [0.2, 0.25) is 5.02 Å². The first-order valence-electron chi connectivity index (χ1n) is 7.52. The van der Waals surface area contributed by atoms with E-state index in [-0.39, 0.29) is 0 Å². The average Bonchev–Trinajstić information content (AvgIpc) is 3.00. The predicted octanol–water partition coefficient (Wildman–Crippen LogP) is 2.21. The first-order valence-corrected chi connectivity index (χ1v) is 7.89. The third kappa shape index (κ3) is 3.24. The zero-order chi connectivity index (χ0) is 16.4. The number of aryl methyl sites for hydroxylation is 1. The van der Waals surface area contributed by atoms with Gasteiger partial charge in [0.25, 0.3) is 11.7 Å². The molecule has 1 aliphatic rings. The highest BCUT2D eigenvalue weighted by Gasteiger charge is 2.28. The van der Waals surface area contributed by atoms with Crippen molar-refractivity contribution in [3.8, 4) is 0 Å². The van der Waals surface area contributed by atoms with Gasteiger partial charge in [-0.25, -0.2) is 0 Å². The number of halogens is 1. The quantitative estimate of drug-likeness (QED) is 0.640. The van der Waals surface area contributed by atoms with Crippen molar-refractivity contribution in [2.75, 3.05) is 31.1 Å². The summed E-state index contributed by atoms with van der Waals surface area (Å²) in [4.78, 5) is 28.4. The molecule has 2 heterocycles. The Morgan fingerprint density at radius 2 is 1.78 bits per heavy atom. The van der Waals surface area contributed by atoms with Gasteiger partial charge in [0.05, 0.1) is 5.69 Å². The summed E-state index contributed by atoms with van der Waals surface area (Å²) in [5.74, 6) is -0.883. The second kappa shape index (κ2) is 6.46. The average molecular weight is 332 g/mol. The maximum Gasteiger partial charge on any atom is 0.296 e. The van der Waals surface area contributed by atoms with Crippen molar-refractivity contribution in [2.24, 2.45) is 7.05 Å². The molecule has 1 saturated heterocycles. The lowest BCUT2D eigenvalue weighted by molar-refractivity contribution is -0.126. The lowest BCUT2D eigenvalue weighted by atomic mass is 10.2. The van der Waals surface area contributed by atoms with Gasteiger partial charge in [-0.05, 0) is 30.3 Å². The van der Waals surface area contributed by atoms with Gasteiger partial charge in [0.2, 0.25) is 0 Å². The smallest absolute Gasteiger partial charge is 0.296 e. The Hall–Kier alpha value is -2.27. The fourth-order valence-corrected chi connectivity index (χ4v) is 2.98. The summed E-state index contributed by atoms with van der Waals surface area (Å²) >= 11 is 6.02. The topological polar surface area (TPSA) is 45.6 Å². The molecular formula is C17H18ClN3O2. The molecule has 0 aliphatic carbocycles. The second-order valence-electron chi connectivity index (χ2n) is 5.59. The van der Waals surface area contributed by atoms with E-state index in [4.69, 9.17) is 11.6 Å². The summed E-state index contributed by atoms with van der Waals surface area (Å²) in [5.41, 5.74) is 1.46. The molecule has 0 bridgehead atoms.